The maximum absolute atomic E-state index is 14.4. The molecule has 1 spiro atoms. The van der Waals surface area contributed by atoms with Crippen LogP contribution in [0.4, 0.5) is 10.2 Å². The quantitative estimate of drug-likeness (QED) is 0.316. The van der Waals surface area contributed by atoms with Gasteiger partial charge in [0.05, 0.1) is 11.8 Å². The van der Waals surface area contributed by atoms with Crippen molar-refractivity contribution in [3.63, 3.8) is 0 Å². The summed E-state index contributed by atoms with van der Waals surface area (Å²) in [6, 6.07) is 3.85. The van der Waals surface area contributed by atoms with E-state index in [1.165, 1.54) is 34.9 Å². The van der Waals surface area contributed by atoms with Gasteiger partial charge in [-0.05, 0) is 96.7 Å². The molecule has 0 bridgehead atoms. The van der Waals surface area contributed by atoms with Crippen LogP contribution in [0.25, 0.3) is 0 Å². The van der Waals surface area contributed by atoms with E-state index in [2.05, 4.69) is 26.3 Å². The maximum atomic E-state index is 14.4. The van der Waals surface area contributed by atoms with Gasteiger partial charge >= 0.3 is 0 Å². The van der Waals surface area contributed by atoms with Crippen LogP contribution in [-0.2, 0) is 15.0 Å². The average molecular weight is 741 g/mol. The SMILES string of the molecule is C=CC(=O)N1CCCN(S(=O)(=O)N2CC[C@@H](CN3CCC4(CC3)CN(c3ncncc3Oc3ccc(F)cc3C(=O)N(C(C)C)C(C)C)C4)C2)CC1. The number of halogens is 1. The molecule has 0 N–H and O–H groups in total. The molecular formula is C37H53FN8O5S. The number of hydrogen-bond donors (Lipinski definition) is 0. The highest BCUT2D eigenvalue weighted by Crippen LogP contribution is 2.45. The summed E-state index contributed by atoms with van der Waals surface area (Å²) in [6.45, 7) is 18.4. The number of piperidine rings is 1. The van der Waals surface area contributed by atoms with Crippen molar-refractivity contribution in [2.45, 2.75) is 65.5 Å². The second-order valence-corrected chi connectivity index (χ2v) is 17.2. The molecule has 4 aliphatic heterocycles. The van der Waals surface area contributed by atoms with Gasteiger partial charge in [-0.3, -0.25) is 9.59 Å². The van der Waals surface area contributed by atoms with Crippen molar-refractivity contribution >= 4 is 27.8 Å². The van der Waals surface area contributed by atoms with E-state index in [0.717, 1.165) is 52.0 Å². The summed E-state index contributed by atoms with van der Waals surface area (Å²) in [7, 11) is -3.58. The third kappa shape index (κ3) is 8.12. The van der Waals surface area contributed by atoms with Crippen LogP contribution >= 0.6 is 0 Å². The molecule has 0 radical (unpaired) electrons. The van der Waals surface area contributed by atoms with Crippen LogP contribution in [0, 0.1) is 17.2 Å². The third-order valence-corrected chi connectivity index (χ3v) is 13.0. The van der Waals surface area contributed by atoms with Gasteiger partial charge < -0.3 is 24.3 Å². The van der Waals surface area contributed by atoms with Gasteiger partial charge in [-0.25, -0.2) is 14.4 Å². The highest BCUT2D eigenvalue weighted by molar-refractivity contribution is 7.86. The summed E-state index contributed by atoms with van der Waals surface area (Å²) in [5, 5.41) is 0. The second-order valence-electron chi connectivity index (χ2n) is 15.3. The molecule has 0 aliphatic carbocycles. The Morgan fingerprint density at radius 2 is 1.75 bits per heavy atom. The molecule has 2 amide bonds. The Morgan fingerprint density at radius 3 is 2.44 bits per heavy atom. The molecule has 6 rings (SSSR count). The van der Waals surface area contributed by atoms with Crippen molar-refractivity contribution in [2.24, 2.45) is 11.3 Å². The zero-order valence-corrected chi connectivity index (χ0v) is 31.7. The molecule has 2 aromatic rings. The standard InChI is InChI=1S/C37H53FN8O5S/c1-6-34(47)42-13-7-14-44(19-18-42)52(49,50)45-15-10-29(23-45)22-41-16-11-37(12-17-41)24-43(25-37)35-33(21-39-26-40-35)51-32-9-8-30(38)20-31(32)36(48)46(27(2)3)28(4)5/h6,8-9,20-21,26-29H,1,7,10-19,22-25H2,2-5H3/t29-/m0/s1. The third-order valence-electron chi connectivity index (χ3n) is 11.0. The molecule has 13 nitrogen and oxygen atoms in total. The van der Waals surface area contributed by atoms with E-state index < -0.39 is 16.0 Å². The zero-order valence-electron chi connectivity index (χ0n) is 30.9. The van der Waals surface area contributed by atoms with Crippen LogP contribution in [0.3, 0.4) is 0 Å². The highest BCUT2D eigenvalue weighted by Gasteiger charge is 2.47. The van der Waals surface area contributed by atoms with Gasteiger partial charge in [0.1, 0.15) is 17.9 Å². The maximum Gasteiger partial charge on any atom is 0.282 e. The Bertz CT molecular complexity index is 1720. The predicted molar refractivity (Wildman–Crippen MR) is 197 cm³/mol. The van der Waals surface area contributed by atoms with Crippen LogP contribution in [0.2, 0.25) is 0 Å². The smallest absolute Gasteiger partial charge is 0.282 e. The average Bonchev–Trinajstić information content (AvgIpc) is 3.43. The molecule has 15 heteroatoms. The first-order valence-corrected chi connectivity index (χ1v) is 19.9. The summed E-state index contributed by atoms with van der Waals surface area (Å²) in [5.74, 6) is 0.635. The lowest BCUT2D eigenvalue weighted by Gasteiger charge is -2.54. The van der Waals surface area contributed by atoms with Gasteiger partial charge in [0.25, 0.3) is 16.1 Å². The number of anilines is 1. The Hall–Kier alpha value is -3.66. The number of amides is 2. The topological polar surface area (TPSA) is 123 Å². The van der Waals surface area contributed by atoms with Crippen molar-refractivity contribution < 1.29 is 27.1 Å². The Morgan fingerprint density at radius 1 is 1.02 bits per heavy atom. The van der Waals surface area contributed by atoms with Crippen molar-refractivity contribution in [2.75, 3.05) is 76.9 Å². The van der Waals surface area contributed by atoms with Crippen molar-refractivity contribution in [3.8, 4) is 11.5 Å². The molecular weight excluding hydrogens is 688 g/mol. The largest absolute Gasteiger partial charge is 0.451 e. The number of rotatable bonds is 11. The van der Waals surface area contributed by atoms with Crippen molar-refractivity contribution in [3.05, 3.63) is 54.8 Å². The first-order chi connectivity index (χ1) is 24.8. The Balaban J connectivity index is 1.02. The van der Waals surface area contributed by atoms with Gasteiger partial charge in [-0.1, -0.05) is 6.58 Å². The molecule has 4 saturated heterocycles. The summed E-state index contributed by atoms with van der Waals surface area (Å²) < 4.78 is 50.9. The number of benzene rings is 1. The summed E-state index contributed by atoms with van der Waals surface area (Å²) in [4.78, 5) is 42.4. The predicted octanol–water partition coefficient (Wildman–Crippen LogP) is 3.86. The van der Waals surface area contributed by atoms with Gasteiger partial charge in [0.2, 0.25) is 5.91 Å². The zero-order chi connectivity index (χ0) is 37.2. The van der Waals surface area contributed by atoms with Gasteiger partial charge in [0, 0.05) is 76.4 Å². The Kier molecular flexibility index (Phi) is 11.5. The van der Waals surface area contributed by atoms with E-state index in [4.69, 9.17) is 4.74 Å². The minimum atomic E-state index is -3.58. The minimum absolute atomic E-state index is 0.0780. The summed E-state index contributed by atoms with van der Waals surface area (Å²) in [5.41, 5.74) is 0.312. The van der Waals surface area contributed by atoms with Crippen LogP contribution in [-0.4, -0.2) is 138 Å². The molecule has 1 aromatic heterocycles. The minimum Gasteiger partial charge on any atom is -0.451 e. The van der Waals surface area contributed by atoms with Gasteiger partial charge in [-0.2, -0.15) is 17.0 Å². The lowest BCUT2D eigenvalue weighted by atomic mass is 9.72. The number of aromatic nitrogens is 2. The van der Waals surface area contributed by atoms with Gasteiger partial charge in [0.15, 0.2) is 11.6 Å². The van der Waals surface area contributed by atoms with E-state index in [1.807, 2.05) is 27.7 Å². The first-order valence-electron chi connectivity index (χ1n) is 18.5. The number of hydrogen-bond acceptors (Lipinski definition) is 9. The number of nitrogens with zero attached hydrogens (tertiary/aromatic N) is 8. The summed E-state index contributed by atoms with van der Waals surface area (Å²) >= 11 is 0. The number of carbonyl (C=O) groups excluding carboxylic acids is 2. The molecule has 1 atom stereocenters. The van der Waals surface area contributed by atoms with Crippen molar-refractivity contribution in [1.82, 2.24) is 33.3 Å². The molecule has 0 saturated carbocycles. The van der Waals surface area contributed by atoms with E-state index in [9.17, 15) is 22.4 Å². The molecule has 5 heterocycles. The monoisotopic (exact) mass is 740 g/mol. The molecule has 52 heavy (non-hydrogen) atoms. The number of carbonyl (C=O) groups is 2. The van der Waals surface area contributed by atoms with Crippen LogP contribution in [0.1, 0.15) is 63.7 Å². The van der Waals surface area contributed by atoms with E-state index in [1.54, 1.807) is 20.3 Å². The van der Waals surface area contributed by atoms with E-state index >= 15 is 0 Å². The van der Waals surface area contributed by atoms with Crippen LogP contribution < -0.4 is 9.64 Å². The van der Waals surface area contributed by atoms with E-state index in [-0.39, 0.29) is 46.5 Å². The van der Waals surface area contributed by atoms with Crippen molar-refractivity contribution in [1.29, 1.82) is 0 Å². The lowest BCUT2D eigenvalue weighted by Crippen LogP contribution is -2.61. The number of likely N-dealkylation sites (tertiary alicyclic amines) is 1. The lowest BCUT2D eigenvalue weighted by molar-refractivity contribution is -0.125. The molecule has 4 fully saturated rings. The van der Waals surface area contributed by atoms with Gasteiger partial charge in [-0.15, -0.1) is 0 Å². The molecule has 0 unspecified atom stereocenters. The normalized spacial score (nSPS) is 21.7. The van der Waals surface area contributed by atoms with Crippen LogP contribution in [0.5, 0.6) is 11.5 Å². The van der Waals surface area contributed by atoms with E-state index in [0.29, 0.717) is 57.3 Å². The number of ether oxygens (including phenoxy) is 1. The van der Waals surface area contributed by atoms with Crippen LogP contribution in [0.15, 0.2) is 43.4 Å². The first kappa shape index (κ1) is 38.1. The molecule has 284 valence electrons. The molecule has 1 aromatic carbocycles. The Labute approximate surface area is 307 Å². The second kappa shape index (κ2) is 15.7. The fraction of sp³-hybridized carbons (Fsp3) is 0.622. The molecule has 4 aliphatic rings. The summed E-state index contributed by atoms with van der Waals surface area (Å²) in [6.07, 6.45) is 7.88. The fourth-order valence-corrected chi connectivity index (χ4v) is 10.0. The fourth-order valence-electron chi connectivity index (χ4n) is 8.30. The highest BCUT2D eigenvalue weighted by atomic mass is 32.2.